The van der Waals surface area contributed by atoms with Crippen LogP contribution in [0.2, 0.25) is 0 Å². The third kappa shape index (κ3) is 3.92. The summed E-state index contributed by atoms with van der Waals surface area (Å²) in [5.41, 5.74) is 3.02. The number of hydrogen-bond acceptors (Lipinski definition) is 2. The molecular weight excluding hydrogens is 368 g/mol. The number of amides is 2. The highest BCUT2D eigenvalue weighted by atomic mass is 79.9. The van der Waals surface area contributed by atoms with Gasteiger partial charge in [-0.15, -0.1) is 0 Å². The number of carbonyl (C=O) groups is 2. The zero-order valence-electron chi connectivity index (χ0n) is 13.0. The molecule has 5 heteroatoms. The van der Waals surface area contributed by atoms with Crippen molar-refractivity contribution < 1.29 is 9.59 Å². The molecule has 0 spiro atoms. The number of hydrogen-bond donors (Lipinski definition) is 1. The molecule has 1 aliphatic rings. The van der Waals surface area contributed by atoms with E-state index in [2.05, 4.69) is 21.2 Å². The number of nitrogens with one attached hydrogen (secondary N) is 1. The second-order valence-corrected chi connectivity index (χ2v) is 6.45. The van der Waals surface area contributed by atoms with Gasteiger partial charge >= 0.3 is 0 Å². The fourth-order valence-electron chi connectivity index (χ4n) is 2.68. The third-order valence-corrected chi connectivity index (χ3v) is 4.37. The Hall–Kier alpha value is -2.40. The SMILES string of the molecule is O=C(/C=C/c1ccccc1)NCC(=O)N1CCc2cc(Br)ccc21. The van der Waals surface area contributed by atoms with E-state index in [1.807, 2.05) is 48.5 Å². The average molecular weight is 385 g/mol. The molecule has 0 radical (unpaired) electrons. The van der Waals surface area contributed by atoms with Crippen molar-refractivity contribution in [3.63, 3.8) is 0 Å². The summed E-state index contributed by atoms with van der Waals surface area (Å²) in [5, 5.41) is 2.65. The van der Waals surface area contributed by atoms with Gasteiger partial charge in [0.15, 0.2) is 0 Å². The molecule has 0 saturated carbocycles. The zero-order valence-corrected chi connectivity index (χ0v) is 14.6. The number of benzene rings is 2. The van der Waals surface area contributed by atoms with Gasteiger partial charge in [-0.05, 0) is 41.8 Å². The van der Waals surface area contributed by atoms with Crippen LogP contribution >= 0.6 is 15.9 Å². The van der Waals surface area contributed by atoms with Crippen molar-refractivity contribution in [2.24, 2.45) is 0 Å². The van der Waals surface area contributed by atoms with E-state index in [-0.39, 0.29) is 18.4 Å². The van der Waals surface area contributed by atoms with E-state index in [4.69, 9.17) is 0 Å². The van der Waals surface area contributed by atoms with Gasteiger partial charge in [-0.3, -0.25) is 9.59 Å². The Bertz CT molecular complexity index is 787. The Balaban J connectivity index is 1.55. The van der Waals surface area contributed by atoms with Gasteiger partial charge in [-0.2, -0.15) is 0 Å². The monoisotopic (exact) mass is 384 g/mol. The van der Waals surface area contributed by atoms with Crippen LogP contribution in [0.15, 0.2) is 59.1 Å². The fraction of sp³-hybridized carbons (Fsp3) is 0.158. The molecule has 2 amide bonds. The molecule has 0 aromatic heterocycles. The molecule has 2 aromatic carbocycles. The topological polar surface area (TPSA) is 49.4 Å². The van der Waals surface area contributed by atoms with E-state index in [0.717, 1.165) is 27.7 Å². The molecule has 3 rings (SSSR count). The standard InChI is InChI=1S/C19H17BrN2O2/c20-16-7-8-17-15(12-16)10-11-22(17)19(24)13-21-18(23)9-6-14-4-2-1-3-5-14/h1-9,12H,10-11,13H2,(H,21,23)/b9-6+. The molecule has 0 aliphatic carbocycles. The minimum atomic E-state index is -0.276. The number of fused-ring (bicyclic) bond motifs is 1. The van der Waals surface area contributed by atoms with Crippen molar-refractivity contribution in [1.82, 2.24) is 5.32 Å². The summed E-state index contributed by atoms with van der Waals surface area (Å²) < 4.78 is 1.01. The fourth-order valence-corrected chi connectivity index (χ4v) is 3.09. The second-order valence-electron chi connectivity index (χ2n) is 5.53. The summed E-state index contributed by atoms with van der Waals surface area (Å²) in [5.74, 6) is -0.375. The molecule has 0 saturated heterocycles. The lowest BCUT2D eigenvalue weighted by atomic mass is 10.2. The number of rotatable bonds is 4. The molecule has 1 heterocycles. The maximum absolute atomic E-state index is 12.3. The predicted molar refractivity (Wildman–Crippen MR) is 98.7 cm³/mol. The van der Waals surface area contributed by atoms with Gasteiger partial charge in [0.2, 0.25) is 11.8 Å². The molecule has 0 fully saturated rings. The van der Waals surface area contributed by atoms with E-state index in [0.29, 0.717) is 6.54 Å². The molecule has 4 nitrogen and oxygen atoms in total. The summed E-state index contributed by atoms with van der Waals surface area (Å²) in [4.78, 5) is 25.9. The molecule has 0 bridgehead atoms. The lowest BCUT2D eigenvalue weighted by Crippen LogP contribution is -2.38. The van der Waals surface area contributed by atoms with E-state index < -0.39 is 0 Å². The van der Waals surface area contributed by atoms with Gasteiger partial charge < -0.3 is 10.2 Å². The van der Waals surface area contributed by atoms with Gasteiger partial charge in [0.1, 0.15) is 0 Å². The van der Waals surface area contributed by atoms with Gasteiger partial charge in [0.25, 0.3) is 0 Å². The van der Waals surface area contributed by atoms with Crippen molar-refractivity contribution in [2.45, 2.75) is 6.42 Å². The lowest BCUT2D eigenvalue weighted by Gasteiger charge is -2.17. The number of carbonyl (C=O) groups excluding carboxylic acids is 2. The van der Waals surface area contributed by atoms with Crippen molar-refractivity contribution in [3.8, 4) is 0 Å². The van der Waals surface area contributed by atoms with Crippen LogP contribution in [0.25, 0.3) is 6.08 Å². The van der Waals surface area contributed by atoms with Crippen LogP contribution < -0.4 is 10.2 Å². The zero-order chi connectivity index (χ0) is 16.9. The number of nitrogens with zero attached hydrogens (tertiary/aromatic N) is 1. The normalized spacial score (nSPS) is 13.1. The lowest BCUT2D eigenvalue weighted by molar-refractivity contribution is -0.122. The van der Waals surface area contributed by atoms with Crippen molar-refractivity contribution in [3.05, 3.63) is 70.2 Å². The smallest absolute Gasteiger partial charge is 0.246 e. The highest BCUT2D eigenvalue weighted by Crippen LogP contribution is 2.30. The average Bonchev–Trinajstić information content (AvgIpc) is 3.01. The Morgan fingerprint density at radius 3 is 2.75 bits per heavy atom. The molecule has 122 valence electrons. The maximum atomic E-state index is 12.3. The van der Waals surface area contributed by atoms with Crippen LogP contribution in [0.5, 0.6) is 0 Å². The highest BCUT2D eigenvalue weighted by molar-refractivity contribution is 9.10. The summed E-state index contributed by atoms with van der Waals surface area (Å²) in [6.45, 7) is 0.647. The van der Waals surface area contributed by atoms with E-state index in [1.165, 1.54) is 6.08 Å². The second kappa shape index (κ2) is 7.45. The van der Waals surface area contributed by atoms with Crippen molar-refractivity contribution in [1.29, 1.82) is 0 Å². The van der Waals surface area contributed by atoms with Crippen LogP contribution in [-0.2, 0) is 16.0 Å². The minimum Gasteiger partial charge on any atom is -0.343 e. The molecule has 0 unspecified atom stereocenters. The van der Waals surface area contributed by atoms with Gasteiger partial charge in [-0.25, -0.2) is 0 Å². The first-order chi connectivity index (χ1) is 11.6. The van der Waals surface area contributed by atoms with E-state index in [1.54, 1.807) is 11.0 Å². The summed E-state index contributed by atoms with van der Waals surface area (Å²) in [6.07, 6.45) is 4.00. The molecule has 0 atom stereocenters. The Morgan fingerprint density at radius 1 is 1.17 bits per heavy atom. The van der Waals surface area contributed by atoms with Crippen molar-refractivity contribution >= 4 is 39.5 Å². The number of anilines is 1. The predicted octanol–water partition coefficient (Wildman–Crippen LogP) is 3.17. The van der Waals surface area contributed by atoms with Gasteiger partial charge in [0.05, 0.1) is 6.54 Å². The molecule has 2 aromatic rings. The summed E-state index contributed by atoms with van der Waals surface area (Å²) in [6, 6.07) is 15.4. The minimum absolute atomic E-state index is 0.00648. The van der Waals surface area contributed by atoms with E-state index >= 15 is 0 Å². The molecule has 24 heavy (non-hydrogen) atoms. The summed E-state index contributed by atoms with van der Waals surface area (Å²) >= 11 is 3.44. The quantitative estimate of drug-likeness (QED) is 0.822. The molecule has 1 aliphatic heterocycles. The van der Waals surface area contributed by atoms with E-state index in [9.17, 15) is 9.59 Å². The van der Waals surface area contributed by atoms with Crippen LogP contribution in [0, 0.1) is 0 Å². The molecular formula is C19H17BrN2O2. The molecule has 1 N–H and O–H groups in total. The Labute approximate surface area is 149 Å². The largest absolute Gasteiger partial charge is 0.343 e. The van der Waals surface area contributed by atoms with Gasteiger partial charge in [-0.1, -0.05) is 46.3 Å². The number of halogens is 1. The Morgan fingerprint density at radius 2 is 1.96 bits per heavy atom. The first-order valence-electron chi connectivity index (χ1n) is 7.73. The maximum Gasteiger partial charge on any atom is 0.246 e. The van der Waals surface area contributed by atoms with Crippen LogP contribution in [0.4, 0.5) is 5.69 Å². The van der Waals surface area contributed by atoms with Crippen LogP contribution in [0.1, 0.15) is 11.1 Å². The van der Waals surface area contributed by atoms with Gasteiger partial charge in [0, 0.05) is 22.8 Å². The first-order valence-corrected chi connectivity index (χ1v) is 8.52. The highest BCUT2D eigenvalue weighted by Gasteiger charge is 2.24. The first kappa shape index (κ1) is 16.5. The van der Waals surface area contributed by atoms with Crippen molar-refractivity contribution in [2.75, 3.05) is 18.0 Å². The summed E-state index contributed by atoms with van der Waals surface area (Å²) in [7, 11) is 0. The Kier molecular flexibility index (Phi) is 5.11. The third-order valence-electron chi connectivity index (χ3n) is 3.88. The van der Waals surface area contributed by atoms with Crippen LogP contribution in [-0.4, -0.2) is 24.9 Å². The van der Waals surface area contributed by atoms with Crippen LogP contribution in [0.3, 0.4) is 0 Å².